The lowest BCUT2D eigenvalue weighted by molar-refractivity contribution is 0.395. The van der Waals surface area contributed by atoms with Gasteiger partial charge < -0.3 is 19.3 Å². The fourth-order valence-corrected chi connectivity index (χ4v) is 2.77. The highest BCUT2D eigenvalue weighted by atomic mass is 16.5. The topological polar surface area (TPSA) is 82.3 Å². The zero-order valence-electron chi connectivity index (χ0n) is 15.2. The molecule has 0 amide bonds. The van der Waals surface area contributed by atoms with Crippen LogP contribution in [0.1, 0.15) is 5.56 Å². The molecule has 0 unspecified atom stereocenters. The molecule has 0 saturated heterocycles. The molecular formula is C20H18N4O3. The van der Waals surface area contributed by atoms with Gasteiger partial charge in [0.05, 0.1) is 14.2 Å². The monoisotopic (exact) mass is 362 g/mol. The van der Waals surface area contributed by atoms with E-state index in [0.29, 0.717) is 34.1 Å². The maximum atomic E-state index is 5.55. The number of anilines is 2. The number of aromatic nitrogens is 3. The van der Waals surface area contributed by atoms with Crippen LogP contribution in [0.15, 0.2) is 53.3 Å². The second-order valence-electron chi connectivity index (χ2n) is 6.02. The highest BCUT2D eigenvalue weighted by Crippen LogP contribution is 2.32. The summed E-state index contributed by atoms with van der Waals surface area (Å²) in [6.07, 6.45) is 1.48. The van der Waals surface area contributed by atoms with Crippen LogP contribution in [0, 0.1) is 6.92 Å². The summed E-state index contributed by atoms with van der Waals surface area (Å²) in [5, 5.41) is 7.42. The maximum Gasteiger partial charge on any atom is 0.228 e. The Morgan fingerprint density at radius 3 is 2.30 bits per heavy atom. The van der Waals surface area contributed by atoms with Crippen LogP contribution >= 0.6 is 0 Å². The van der Waals surface area contributed by atoms with E-state index in [0.717, 1.165) is 11.3 Å². The van der Waals surface area contributed by atoms with Gasteiger partial charge in [0.15, 0.2) is 5.82 Å². The summed E-state index contributed by atoms with van der Waals surface area (Å²) < 4.78 is 16.2. The molecule has 7 heteroatoms. The molecule has 2 aromatic carbocycles. The third kappa shape index (κ3) is 3.27. The average Bonchev–Trinajstić information content (AvgIpc) is 3.13. The summed E-state index contributed by atoms with van der Waals surface area (Å²) in [6.45, 7) is 2.04. The van der Waals surface area contributed by atoms with Gasteiger partial charge >= 0.3 is 0 Å². The predicted octanol–water partition coefficient (Wildman–Crippen LogP) is 4.35. The Bertz CT molecular complexity index is 1070. The number of hydrogen-bond donors (Lipinski definition) is 1. The Morgan fingerprint density at radius 2 is 1.63 bits per heavy atom. The molecule has 0 fully saturated rings. The Morgan fingerprint density at radius 1 is 0.926 bits per heavy atom. The number of hydrogen-bond acceptors (Lipinski definition) is 7. The second-order valence-corrected chi connectivity index (χ2v) is 6.02. The highest BCUT2D eigenvalue weighted by molar-refractivity contribution is 5.94. The van der Waals surface area contributed by atoms with Gasteiger partial charge in [-0.25, -0.2) is 9.97 Å². The van der Waals surface area contributed by atoms with E-state index >= 15 is 0 Å². The van der Waals surface area contributed by atoms with E-state index in [9.17, 15) is 0 Å². The molecule has 0 radical (unpaired) electrons. The van der Waals surface area contributed by atoms with E-state index in [1.54, 1.807) is 20.3 Å². The van der Waals surface area contributed by atoms with Crippen molar-refractivity contribution in [3.05, 3.63) is 54.4 Å². The zero-order valence-corrected chi connectivity index (χ0v) is 15.2. The van der Waals surface area contributed by atoms with Gasteiger partial charge in [-0.1, -0.05) is 35.0 Å². The third-order valence-corrected chi connectivity index (χ3v) is 4.20. The SMILES string of the molecule is COc1cc(Nc2ncnc3c(-c4ccc(C)cc4)noc23)cc(OC)c1. The van der Waals surface area contributed by atoms with Gasteiger partial charge in [-0.15, -0.1) is 0 Å². The second kappa shape index (κ2) is 6.95. The van der Waals surface area contributed by atoms with Crippen LogP contribution in [0.3, 0.4) is 0 Å². The summed E-state index contributed by atoms with van der Waals surface area (Å²) >= 11 is 0. The fraction of sp³-hybridized carbons (Fsp3) is 0.150. The van der Waals surface area contributed by atoms with Crippen LogP contribution < -0.4 is 14.8 Å². The Kier molecular flexibility index (Phi) is 4.33. The summed E-state index contributed by atoms with van der Waals surface area (Å²) in [6, 6.07) is 13.5. The van der Waals surface area contributed by atoms with E-state index in [-0.39, 0.29) is 0 Å². The summed E-state index contributed by atoms with van der Waals surface area (Å²) in [5.74, 6) is 1.85. The van der Waals surface area contributed by atoms with Gasteiger partial charge in [0.2, 0.25) is 5.58 Å². The summed E-state index contributed by atoms with van der Waals surface area (Å²) in [4.78, 5) is 8.65. The van der Waals surface area contributed by atoms with E-state index in [1.807, 2.05) is 43.3 Å². The molecule has 0 aliphatic rings. The molecule has 0 atom stereocenters. The van der Waals surface area contributed by atoms with Crippen molar-refractivity contribution >= 4 is 22.6 Å². The van der Waals surface area contributed by atoms with Crippen LogP contribution in [0.4, 0.5) is 11.5 Å². The molecule has 136 valence electrons. The molecule has 7 nitrogen and oxygen atoms in total. The lowest BCUT2D eigenvalue weighted by Crippen LogP contribution is -1.97. The number of ether oxygens (including phenoxy) is 2. The minimum atomic E-state index is 0.481. The number of nitrogens with one attached hydrogen (secondary N) is 1. The smallest absolute Gasteiger partial charge is 0.228 e. The third-order valence-electron chi connectivity index (χ3n) is 4.20. The number of nitrogens with zero attached hydrogens (tertiary/aromatic N) is 3. The normalized spacial score (nSPS) is 10.8. The van der Waals surface area contributed by atoms with Crippen molar-refractivity contribution in [3.63, 3.8) is 0 Å². The Hall–Kier alpha value is -3.61. The van der Waals surface area contributed by atoms with Gasteiger partial charge in [-0.3, -0.25) is 0 Å². The molecule has 0 spiro atoms. The maximum absolute atomic E-state index is 5.55. The number of aryl methyl sites for hydroxylation is 1. The molecule has 0 aliphatic heterocycles. The quantitative estimate of drug-likeness (QED) is 0.565. The first kappa shape index (κ1) is 16.8. The van der Waals surface area contributed by atoms with Gasteiger partial charge in [0.1, 0.15) is 29.0 Å². The van der Waals surface area contributed by atoms with Crippen LogP contribution in [0.5, 0.6) is 11.5 Å². The van der Waals surface area contributed by atoms with Gasteiger partial charge in [-0.05, 0) is 6.92 Å². The predicted molar refractivity (Wildman–Crippen MR) is 103 cm³/mol. The van der Waals surface area contributed by atoms with E-state index in [2.05, 4.69) is 20.4 Å². The van der Waals surface area contributed by atoms with E-state index in [1.165, 1.54) is 11.9 Å². The molecule has 27 heavy (non-hydrogen) atoms. The Balaban J connectivity index is 1.74. The Labute approximate surface area is 156 Å². The van der Waals surface area contributed by atoms with Gasteiger partial charge in [0, 0.05) is 29.4 Å². The van der Waals surface area contributed by atoms with Gasteiger partial charge in [-0.2, -0.15) is 0 Å². The molecule has 2 heterocycles. The van der Waals surface area contributed by atoms with Crippen LogP contribution in [0.2, 0.25) is 0 Å². The minimum absolute atomic E-state index is 0.481. The molecule has 2 aromatic heterocycles. The number of benzene rings is 2. The van der Waals surface area contributed by atoms with E-state index in [4.69, 9.17) is 14.0 Å². The molecule has 0 aliphatic carbocycles. The van der Waals surface area contributed by atoms with E-state index < -0.39 is 0 Å². The van der Waals surface area contributed by atoms with Crippen molar-refractivity contribution in [2.75, 3.05) is 19.5 Å². The largest absolute Gasteiger partial charge is 0.497 e. The number of methoxy groups -OCH3 is 2. The van der Waals surface area contributed by atoms with Crippen molar-refractivity contribution in [1.29, 1.82) is 0 Å². The zero-order chi connectivity index (χ0) is 18.8. The standard InChI is InChI=1S/C20H18N4O3/c1-12-4-6-13(7-5-12)17-18-19(27-24-17)20(22-11-21-18)23-14-8-15(25-2)10-16(9-14)26-3/h4-11H,1-3H3,(H,21,22,23). The number of fused-ring (bicyclic) bond motifs is 1. The first-order chi connectivity index (χ1) is 13.2. The summed E-state index contributed by atoms with van der Waals surface area (Å²) in [7, 11) is 3.21. The van der Waals surface area contributed by atoms with Crippen molar-refractivity contribution in [2.45, 2.75) is 6.92 Å². The van der Waals surface area contributed by atoms with Crippen molar-refractivity contribution in [1.82, 2.24) is 15.1 Å². The van der Waals surface area contributed by atoms with Crippen molar-refractivity contribution in [3.8, 4) is 22.8 Å². The summed E-state index contributed by atoms with van der Waals surface area (Å²) in [5.41, 5.74) is 4.67. The first-order valence-corrected chi connectivity index (χ1v) is 8.35. The van der Waals surface area contributed by atoms with Gasteiger partial charge in [0.25, 0.3) is 0 Å². The molecule has 4 aromatic rings. The van der Waals surface area contributed by atoms with Crippen LogP contribution in [-0.2, 0) is 0 Å². The molecular weight excluding hydrogens is 344 g/mol. The fourth-order valence-electron chi connectivity index (χ4n) is 2.77. The van der Waals surface area contributed by atoms with Crippen molar-refractivity contribution in [2.24, 2.45) is 0 Å². The molecule has 1 N–H and O–H groups in total. The average molecular weight is 362 g/mol. The lowest BCUT2D eigenvalue weighted by Gasteiger charge is -2.10. The minimum Gasteiger partial charge on any atom is -0.497 e. The first-order valence-electron chi connectivity index (χ1n) is 8.35. The van der Waals surface area contributed by atoms with Crippen LogP contribution in [-0.4, -0.2) is 29.3 Å². The lowest BCUT2D eigenvalue weighted by atomic mass is 10.1. The highest BCUT2D eigenvalue weighted by Gasteiger charge is 2.16. The molecule has 0 saturated carbocycles. The molecule has 0 bridgehead atoms. The van der Waals surface area contributed by atoms with Crippen molar-refractivity contribution < 1.29 is 14.0 Å². The molecule has 4 rings (SSSR count). The van der Waals surface area contributed by atoms with Crippen LogP contribution in [0.25, 0.3) is 22.4 Å². The number of rotatable bonds is 5.